The Morgan fingerprint density at radius 2 is 2.07 bits per heavy atom. The van der Waals surface area contributed by atoms with E-state index in [2.05, 4.69) is 20.5 Å². The summed E-state index contributed by atoms with van der Waals surface area (Å²) >= 11 is 0. The Kier molecular flexibility index (Phi) is 7.46. The maximum atomic E-state index is 12.4. The van der Waals surface area contributed by atoms with Crippen LogP contribution in [0.25, 0.3) is 0 Å². The number of para-hydroxylation sites is 1. The van der Waals surface area contributed by atoms with E-state index in [1.165, 1.54) is 0 Å². The fraction of sp³-hybridized carbons (Fsp3) is 0.571. The molecule has 0 aliphatic carbocycles. The van der Waals surface area contributed by atoms with Gasteiger partial charge in [-0.05, 0) is 44.5 Å². The predicted octanol–water partition coefficient (Wildman–Crippen LogP) is 0.544. The van der Waals surface area contributed by atoms with Gasteiger partial charge >= 0.3 is 0 Å². The number of anilines is 1. The summed E-state index contributed by atoms with van der Waals surface area (Å²) in [6, 6.07) is 9.78. The second-order valence-corrected chi connectivity index (χ2v) is 7.78. The highest BCUT2D eigenvalue weighted by Gasteiger charge is 2.31. The Hall–Kier alpha value is -2.61. The van der Waals surface area contributed by atoms with Crippen molar-refractivity contribution in [1.82, 2.24) is 15.5 Å². The van der Waals surface area contributed by atoms with Gasteiger partial charge in [-0.1, -0.05) is 18.2 Å². The molecule has 2 heterocycles. The Bertz CT molecular complexity index is 723. The molecule has 1 aromatic carbocycles. The molecule has 3 rings (SSSR count). The minimum atomic E-state index is -0.187. The van der Waals surface area contributed by atoms with Gasteiger partial charge in [0.05, 0.1) is 12.0 Å². The van der Waals surface area contributed by atoms with Crippen LogP contribution < -0.4 is 21.3 Å². The fourth-order valence-corrected chi connectivity index (χ4v) is 4.05. The summed E-state index contributed by atoms with van der Waals surface area (Å²) in [5.74, 6) is 0.635. The molecule has 2 aliphatic heterocycles. The fourth-order valence-electron chi connectivity index (χ4n) is 4.05. The second kappa shape index (κ2) is 10.2. The third kappa shape index (κ3) is 5.93. The van der Waals surface area contributed by atoms with Crippen LogP contribution in [0.2, 0.25) is 0 Å². The zero-order valence-corrected chi connectivity index (χ0v) is 17.1. The van der Waals surface area contributed by atoms with Crippen molar-refractivity contribution in [2.75, 3.05) is 44.7 Å². The first-order valence-corrected chi connectivity index (χ1v) is 10.4. The molecular weight excluding hydrogens is 368 g/mol. The second-order valence-electron chi connectivity index (χ2n) is 7.78. The molecule has 0 bridgehead atoms. The Morgan fingerprint density at radius 3 is 2.79 bits per heavy atom. The van der Waals surface area contributed by atoms with Crippen LogP contribution in [-0.2, 0) is 9.59 Å². The third-order valence-corrected chi connectivity index (χ3v) is 5.61. The van der Waals surface area contributed by atoms with Crippen molar-refractivity contribution in [2.24, 2.45) is 16.6 Å². The molecule has 0 radical (unpaired) electrons. The number of guanidine groups is 1. The summed E-state index contributed by atoms with van der Waals surface area (Å²) in [4.78, 5) is 32.2. The number of nitrogens with two attached hydrogens (primary N) is 1. The molecule has 158 valence electrons. The van der Waals surface area contributed by atoms with E-state index in [-0.39, 0.29) is 23.8 Å². The molecular formula is C21H32N6O2. The lowest BCUT2D eigenvalue weighted by Crippen LogP contribution is -2.46. The number of nitrogens with zero attached hydrogens (tertiary/aromatic N) is 3. The standard InChI is InChI=1S/C21H32N6O2/c1-23-21(24-10-6-12-26-11-5-7-16(14-26)20(22)29)25-17-13-19(28)27(15-17)18-8-3-2-4-9-18/h2-4,8-9,16-17H,5-7,10-15H2,1H3,(H2,22,29)(H2,23,24,25). The number of rotatable bonds is 7. The van der Waals surface area contributed by atoms with Crippen LogP contribution in [-0.4, -0.2) is 68.5 Å². The van der Waals surface area contributed by atoms with Crippen LogP contribution in [0, 0.1) is 5.92 Å². The Morgan fingerprint density at radius 1 is 1.28 bits per heavy atom. The van der Waals surface area contributed by atoms with Gasteiger partial charge in [-0.25, -0.2) is 0 Å². The monoisotopic (exact) mass is 400 g/mol. The molecule has 2 saturated heterocycles. The van der Waals surface area contributed by atoms with Gasteiger partial charge in [0.25, 0.3) is 0 Å². The Balaban J connectivity index is 1.39. The minimum absolute atomic E-state index is 0.0152. The average molecular weight is 401 g/mol. The summed E-state index contributed by atoms with van der Waals surface area (Å²) in [5.41, 5.74) is 6.38. The number of likely N-dealkylation sites (tertiary alicyclic amines) is 1. The Labute approximate surface area is 172 Å². The van der Waals surface area contributed by atoms with Crippen molar-refractivity contribution in [3.8, 4) is 0 Å². The highest BCUT2D eigenvalue weighted by atomic mass is 16.2. The van der Waals surface area contributed by atoms with Gasteiger partial charge in [-0.2, -0.15) is 0 Å². The van der Waals surface area contributed by atoms with Crippen LogP contribution in [0.3, 0.4) is 0 Å². The largest absolute Gasteiger partial charge is 0.369 e. The van der Waals surface area contributed by atoms with E-state index in [4.69, 9.17) is 5.73 Å². The molecule has 2 fully saturated rings. The molecule has 2 unspecified atom stereocenters. The lowest BCUT2D eigenvalue weighted by Gasteiger charge is -2.31. The summed E-state index contributed by atoms with van der Waals surface area (Å²) in [5, 5.41) is 6.69. The number of hydrogen-bond acceptors (Lipinski definition) is 4. The molecule has 29 heavy (non-hydrogen) atoms. The van der Waals surface area contributed by atoms with Gasteiger partial charge in [-0.15, -0.1) is 0 Å². The molecule has 0 spiro atoms. The maximum Gasteiger partial charge on any atom is 0.229 e. The summed E-state index contributed by atoms with van der Waals surface area (Å²) in [6.45, 7) is 4.13. The highest BCUT2D eigenvalue weighted by molar-refractivity contribution is 5.97. The van der Waals surface area contributed by atoms with E-state index in [0.29, 0.717) is 18.9 Å². The molecule has 2 aliphatic rings. The van der Waals surface area contributed by atoms with Gasteiger partial charge in [0.1, 0.15) is 0 Å². The lowest BCUT2D eigenvalue weighted by molar-refractivity contribution is -0.123. The quantitative estimate of drug-likeness (QED) is 0.352. The SMILES string of the molecule is CN=C(NCCCN1CCCC(C(N)=O)C1)NC1CC(=O)N(c2ccccc2)C1. The normalized spacial score (nSPS) is 23.3. The van der Waals surface area contributed by atoms with E-state index in [1.54, 1.807) is 7.05 Å². The van der Waals surface area contributed by atoms with Gasteiger partial charge in [0, 0.05) is 38.8 Å². The predicted molar refractivity (Wildman–Crippen MR) is 115 cm³/mol. The van der Waals surface area contributed by atoms with Crippen molar-refractivity contribution in [3.63, 3.8) is 0 Å². The van der Waals surface area contributed by atoms with Crippen molar-refractivity contribution >= 4 is 23.5 Å². The van der Waals surface area contributed by atoms with Crippen molar-refractivity contribution < 1.29 is 9.59 Å². The van der Waals surface area contributed by atoms with Crippen LogP contribution in [0.4, 0.5) is 5.69 Å². The smallest absolute Gasteiger partial charge is 0.229 e. The van der Waals surface area contributed by atoms with E-state index in [9.17, 15) is 9.59 Å². The number of nitrogens with one attached hydrogen (secondary N) is 2. The first-order valence-electron chi connectivity index (χ1n) is 10.4. The number of aliphatic imine (C=N–C) groups is 1. The number of hydrogen-bond donors (Lipinski definition) is 3. The topological polar surface area (TPSA) is 103 Å². The van der Waals surface area contributed by atoms with E-state index in [1.807, 2.05) is 35.2 Å². The highest BCUT2D eigenvalue weighted by Crippen LogP contribution is 2.21. The molecule has 1 aromatic rings. The van der Waals surface area contributed by atoms with Crippen LogP contribution in [0.5, 0.6) is 0 Å². The van der Waals surface area contributed by atoms with Crippen molar-refractivity contribution in [3.05, 3.63) is 30.3 Å². The zero-order valence-electron chi connectivity index (χ0n) is 17.1. The number of carbonyl (C=O) groups is 2. The lowest BCUT2D eigenvalue weighted by atomic mass is 9.97. The van der Waals surface area contributed by atoms with Crippen molar-refractivity contribution in [1.29, 1.82) is 0 Å². The summed E-state index contributed by atoms with van der Waals surface area (Å²) in [6.07, 6.45) is 3.34. The summed E-state index contributed by atoms with van der Waals surface area (Å²) < 4.78 is 0. The van der Waals surface area contributed by atoms with Gasteiger partial charge in [-0.3, -0.25) is 14.6 Å². The van der Waals surface area contributed by atoms with E-state index < -0.39 is 0 Å². The molecule has 0 saturated carbocycles. The molecule has 0 aromatic heterocycles. The number of piperidine rings is 1. The van der Waals surface area contributed by atoms with Crippen LogP contribution in [0.15, 0.2) is 35.3 Å². The van der Waals surface area contributed by atoms with E-state index in [0.717, 1.165) is 51.1 Å². The number of carbonyl (C=O) groups excluding carboxylic acids is 2. The maximum absolute atomic E-state index is 12.4. The molecule has 4 N–H and O–H groups in total. The number of primary amides is 1. The zero-order chi connectivity index (χ0) is 20.6. The van der Waals surface area contributed by atoms with Gasteiger partial charge in [0.2, 0.25) is 11.8 Å². The molecule has 2 amide bonds. The molecule has 8 nitrogen and oxygen atoms in total. The van der Waals surface area contributed by atoms with Crippen LogP contribution in [0.1, 0.15) is 25.7 Å². The minimum Gasteiger partial charge on any atom is -0.369 e. The van der Waals surface area contributed by atoms with Crippen LogP contribution >= 0.6 is 0 Å². The van der Waals surface area contributed by atoms with Crippen molar-refractivity contribution in [2.45, 2.75) is 31.7 Å². The third-order valence-electron chi connectivity index (χ3n) is 5.61. The van der Waals surface area contributed by atoms with E-state index >= 15 is 0 Å². The first kappa shape index (κ1) is 21.1. The first-order chi connectivity index (χ1) is 14.1. The average Bonchev–Trinajstić information content (AvgIpc) is 3.11. The van der Waals surface area contributed by atoms with Gasteiger partial charge in [0.15, 0.2) is 5.96 Å². The van der Waals surface area contributed by atoms with Gasteiger partial charge < -0.3 is 26.2 Å². The number of benzene rings is 1. The summed E-state index contributed by atoms with van der Waals surface area (Å²) in [7, 11) is 1.74. The number of amides is 2. The molecule has 2 atom stereocenters. The molecule has 8 heteroatoms.